The van der Waals surface area contributed by atoms with Crippen molar-refractivity contribution < 1.29 is 9.72 Å². The highest BCUT2D eigenvalue weighted by molar-refractivity contribution is 5.76. The second-order valence-electron chi connectivity index (χ2n) is 5.74. The average Bonchev–Trinajstić information content (AvgIpc) is 2.82. The number of aryl methyl sites for hydroxylation is 1. The topological polar surface area (TPSA) is 81.3 Å². The molecule has 1 aromatic carbocycles. The molecular formula is C17H22N4O3. The zero-order chi connectivity index (χ0) is 17.7. The van der Waals surface area contributed by atoms with Crippen molar-refractivity contribution in [2.45, 2.75) is 40.3 Å². The molecule has 7 heteroatoms. The highest BCUT2D eigenvalue weighted by Gasteiger charge is 2.24. The van der Waals surface area contributed by atoms with Crippen molar-refractivity contribution in [1.82, 2.24) is 14.7 Å². The third-order valence-electron chi connectivity index (χ3n) is 3.87. The smallest absolute Gasteiger partial charge is 0.312 e. The minimum absolute atomic E-state index is 0.00729. The van der Waals surface area contributed by atoms with Gasteiger partial charge in [0.1, 0.15) is 17.9 Å². The van der Waals surface area contributed by atoms with Gasteiger partial charge in [-0.05, 0) is 25.8 Å². The normalized spacial score (nSPS) is 10.6. The maximum absolute atomic E-state index is 12.6. The van der Waals surface area contributed by atoms with E-state index in [-0.39, 0.29) is 18.1 Å². The summed E-state index contributed by atoms with van der Waals surface area (Å²) in [5.41, 5.74) is 1.77. The fourth-order valence-electron chi connectivity index (χ4n) is 2.70. The lowest BCUT2D eigenvalue weighted by Gasteiger charge is -2.22. The van der Waals surface area contributed by atoms with E-state index in [1.165, 1.54) is 4.68 Å². The van der Waals surface area contributed by atoms with E-state index in [2.05, 4.69) is 5.10 Å². The van der Waals surface area contributed by atoms with Crippen molar-refractivity contribution in [2.75, 3.05) is 6.54 Å². The van der Waals surface area contributed by atoms with Crippen LogP contribution in [0.2, 0.25) is 0 Å². The predicted molar refractivity (Wildman–Crippen MR) is 90.5 cm³/mol. The molecule has 0 atom stereocenters. The zero-order valence-corrected chi connectivity index (χ0v) is 14.2. The quantitative estimate of drug-likeness (QED) is 0.577. The van der Waals surface area contributed by atoms with Crippen molar-refractivity contribution in [3.63, 3.8) is 0 Å². The van der Waals surface area contributed by atoms with Gasteiger partial charge in [0.25, 0.3) is 0 Å². The van der Waals surface area contributed by atoms with Gasteiger partial charge in [0.15, 0.2) is 0 Å². The summed E-state index contributed by atoms with van der Waals surface area (Å²) in [6.07, 6.45) is 0.843. The maximum atomic E-state index is 12.6. The lowest BCUT2D eigenvalue weighted by Crippen LogP contribution is -2.34. The Labute approximate surface area is 141 Å². The number of rotatable bonds is 7. The van der Waals surface area contributed by atoms with Crippen molar-refractivity contribution >= 4 is 11.6 Å². The third-order valence-corrected chi connectivity index (χ3v) is 3.87. The molecule has 0 aliphatic heterocycles. The summed E-state index contributed by atoms with van der Waals surface area (Å²) in [5.74, 6) is -0.0961. The van der Waals surface area contributed by atoms with Crippen LogP contribution in [0.5, 0.6) is 0 Å². The Bertz CT molecular complexity index is 725. The highest BCUT2D eigenvalue weighted by Crippen LogP contribution is 2.21. The SMILES string of the molecule is CCCN(Cc1ccccc1)C(=O)Cn1nc(C)c([N+](=O)[O-])c1C. The molecule has 2 rings (SSSR count). The van der Waals surface area contributed by atoms with Crippen LogP contribution in [0, 0.1) is 24.0 Å². The van der Waals surface area contributed by atoms with Crippen molar-refractivity contribution in [2.24, 2.45) is 0 Å². The number of benzene rings is 1. The minimum Gasteiger partial charge on any atom is -0.337 e. The van der Waals surface area contributed by atoms with Crippen LogP contribution in [0.15, 0.2) is 30.3 Å². The van der Waals surface area contributed by atoms with Gasteiger partial charge < -0.3 is 4.90 Å². The molecule has 0 N–H and O–H groups in total. The van der Waals surface area contributed by atoms with E-state index < -0.39 is 4.92 Å². The van der Waals surface area contributed by atoms with Crippen LogP contribution in [-0.4, -0.2) is 32.1 Å². The summed E-state index contributed by atoms with van der Waals surface area (Å²) in [6.45, 7) is 6.38. The van der Waals surface area contributed by atoms with Crippen LogP contribution in [0.3, 0.4) is 0 Å². The Kier molecular flexibility index (Phi) is 5.68. The number of carbonyl (C=O) groups is 1. The molecule has 7 nitrogen and oxygen atoms in total. The molecule has 1 aromatic heterocycles. The molecule has 2 aromatic rings. The summed E-state index contributed by atoms with van der Waals surface area (Å²) in [7, 11) is 0. The predicted octanol–water partition coefficient (Wildman–Crippen LogP) is 2.85. The van der Waals surface area contributed by atoms with Gasteiger partial charge in [0, 0.05) is 13.1 Å². The number of aromatic nitrogens is 2. The summed E-state index contributed by atoms with van der Waals surface area (Å²) in [5, 5.41) is 15.2. The molecule has 0 fully saturated rings. The molecule has 0 radical (unpaired) electrons. The average molecular weight is 330 g/mol. The number of carbonyl (C=O) groups excluding carboxylic acids is 1. The summed E-state index contributed by atoms with van der Waals surface area (Å²) in [4.78, 5) is 25.0. The summed E-state index contributed by atoms with van der Waals surface area (Å²) < 4.78 is 1.42. The lowest BCUT2D eigenvalue weighted by molar-refractivity contribution is -0.386. The third kappa shape index (κ3) is 3.98. The summed E-state index contributed by atoms with van der Waals surface area (Å²) >= 11 is 0. The molecule has 0 spiro atoms. The maximum Gasteiger partial charge on any atom is 0.312 e. The molecule has 1 amide bonds. The zero-order valence-electron chi connectivity index (χ0n) is 14.2. The fraction of sp³-hybridized carbons (Fsp3) is 0.412. The largest absolute Gasteiger partial charge is 0.337 e. The van der Waals surface area contributed by atoms with E-state index in [1.807, 2.05) is 37.3 Å². The first-order chi connectivity index (χ1) is 11.4. The molecule has 0 saturated heterocycles. The van der Waals surface area contributed by atoms with Crippen LogP contribution in [-0.2, 0) is 17.9 Å². The molecule has 0 aliphatic carbocycles. The number of nitro groups is 1. The van der Waals surface area contributed by atoms with Gasteiger partial charge >= 0.3 is 5.69 Å². The standard InChI is InChI=1S/C17H22N4O3/c1-4-10-19(11-15-8-6-5-7-9-15)16(22)12-20-14(3)17(21(23)24)13(2)18-20/h5-9H,4,10-12H2,1-3H3. The second-order valence-corrected chi connectivity index (χ2v) is 5.74. The molecule has 0 bridgehead atoms. The monoisotopic (exact) mass is 330 g/mol. The fourth-order valence-corrected chi connectivity index (χ4v) is 2.70. The van der Waals surface area contributed by atoms with Gasteiger partial charge in [-0.3, -0.25) is 19.6 Å². The van der Waals surface area contributed by atoms with Gasteiger partial charge in [-0.2, -0.15) is 5.10 Å². The number of amides is 1. The number of nitrogens with zero attached hydrogens (tertiary/aromatic N) is 4. The van der Waals surface area contributed by atoms with Crippen LogP contribution in [0.1, 0.15) is 30.3 Å². The van der Waals surface area contributed by atoms with Crippen molar-refractivity contribution in [3.8, 4) is 0 Å². The molecule has 24 heavy (non-hydrogen) atoms. The van der Waals surface area contributed by atoms with E-state index in [0.717, 1.165) is 12.0 Å². The summed E-state index contributed by atoms with van der Waals surface area (Å²) in [6, 6.07) is 9.77. The molecule has 0 saturated carbocycles. The van der Waals surface area contributed by atoms with Crippen LogP contribution in [0.25, 0.3) is 0 Å². The molecule has 0 unspecified atom stereocenters. The van der Waals surface area contributed by atoms with Gasteiger partial charge in [0.2, 0.25) is 5.91 Å². The Morgan fingerprint density at radius 1 is 1.29 bits per heavy atom. The van der Waals surface area contributed by atoms with Crippen molar-refractivity contribution in [1.29, 1.82) is 0 Å². The Balaban J connectivity index is 2.16. The van der Waals surface area contributed by atoms with Gasteiger partial charge in [0.05, 0.1) is 4.92 Å². The van der Waals surface area contributed by atoms with Crippen LogP contribution in [0.4, 0.5) is 5.69 Å². The van der Waals surface area contributed by atoms with Gasteiger partial charge in [-0.25, -0.2) is 0 Å². The van der Waals surface area contributed by atoms with Gasteiger partial charge in [-0.1, -0.05) is 37.3 Å². The highest BCUT2D eigenvalue weighted by atomic mass is 16.6. The number of hydrogen-bond donors (Lipinski definition) is 0. The van der Waals surface area contributed by atoms with E-state index in [0.29, 0.717) is 24.5 Å². The molecular weight excluding hydrogens is 308 g/mol. The van der Waals surface area contributed by atoms with Crippen LogP contribution >= 0.6 is 0 Å². The minimum atomic E-state index is -0.452. The van der Waals surface area contributed by atoms with E-state index >= 15 is 0 Å². The molecule has 128 valence electrons. The Morgan fingerprint density at radius 2 is 1.96 bits per heavy atom. The van der Waals surface area contributed by atoms with E-state index in [9.17, 15) is 14.9 Å². The lowest BCUT2D eigenvalue weighted by atomic mass is 10.2. The number of hydrogen-bond acceptors (Lipinski definition) is 4. The molecule has 1 heterocycles. The second kappa shape index (κ2) is 7.72. The molecule has 0 aliphatic rings. The first-order valence-corrected chi connectivity index (χ1v) is 7.94. The van der Waals surface area contributed by atoms with Crippen molar-refractivity contribution in [3.05, 3.63) is 57.4 Å². The van der Waals surface area contributed by atoms with Gasteiger partial charge in [-0.15, -0.1) is 0 Å². The first kappa shape index (κ1) is 17.7. The van der Waals surface area contributed by atoms with E-state index in [4.69, 9.17) is 0 Å². The van der Waals surface area contributed by atoms with Crippen LogP contribution < -0.4 is 0 Å². The Morgan fingerprint density at radius 3 is 2.50 bits per heavy atom. The van der Waals surface area contributed by atoms with E-state index in [1.54, 1.807) is 18.7 Å². The Hall–Kier alpha value is -2.70. The first-order valence-electron chi connectivity index (χ1n) is 7.94.